The third kappa shape index (κ3) is 34.6. The van der Waals surface area contributed by atoms with E-state index < -0.39 is 29.9 Å². The molecule has 0 radical (unpaired) electrons. The van der Waals surface area contributed by atoms with Crippen LogP contribution in [-0.2, 0) is 33.4 Å². The van der Waals surface area contributed by atoms with E-state index >= 15 is 0 Å². The van der Waals surface area contributed by atoms with E-state index in [1.54, 1.807) is 0 Å². The molecule has 3 N–H and O–H groups in total. The fourth-order valence-corrected chi connectivity index (χ4v) is 4.74. The van der Waals surface area contributed by atoms with E-state index in [4.69, 9.17) is 15.2 Å². The highest BCUT2D eigenvalue weighted by molar-refractivity contribution is 5.89. The maximum absolute atomic E-state index is 12.0. The first kappa shape index (κ1) is 45.8. The van der Waals surface area contributed by atoms with Gasteiger partial charge in [-0.3, -0.25) is 19.2 Å². The number of esters is 4. The average Bonchev–Trinajstić information content (AvgIpc) is 3.02. The fourth-order valence-electron chi connectivity index (χ4n) is 4.74. The summed E-state index contributed by atoms with van der Waals surface area (Å²) in [6.45, 7) is 9.38. The van der Waals surface area contributed by atoms with E-state index in [1.807, 2.05) is 6.92 Å². The van der Waals surface area contributed by atoms with Gasteiger partial charge >= 0.3 is 23.9 Å². The number of carbonyl (C=O) groups excluding carboxylic acids is 5. The fraction of sp³-hybridized carbons (Fsp3) is 0.865. The Morgan fingerprint density at radius 3 is 1.30 bits per heavy atom. The molecule has 0 saturated heterocycles. The summed E-state index contributed by atoms with van der Waals surface area (Å²) in [7, 11) is 0. The number of amides is 1. The largest absolute Gasteiger partial charge is 0.393 e. The molecule has 0 aromatic rings. The zero-order chi connectivity index (χ0) is 34.7. The summed E-state index contributed by atoms with van der Waals surface area (Å²) in [4.78, 5) is 58.3. The molecule has 0 bridgehead atoms. The monoisotopic (exact) mass is 655 g/mol. The Morgan fingerprint density at radius 2 is 0.870 bits per heavy atom. The minimum Gasteiger partial charge on any atom is -0.393 e. The molecule has 1 amide bonds. The van der Waals surface area contributed by atoms with Crippen LogP contribution in [0.25, 0.3) is 0 Å². The number of nitrogens with two attached hydrogens (primary N) is 1. The van der Waals surface area contributed by atoms with Crippen molar-refractivity contribution in [3.63, 3.8) is 0 Å². The van der Waals surface area contributed by atoms with Gasteiger partial charge in [0.15, 0.2) is 0 Å². The van der Waals surface area contributed by atoms with Gasteiger partial charge in [-0.25, -0.2) is 4.79 Å². The van der Waals surface area contributed by atoms with Crippen molar-refractivity contribution >= 4 is 29.8 Å². The van der Waals surface area contributed by atoms with Crippen LogP contribution in [0, 0.1) is 0 Å². The van der Waals surface area contributed by atoms with Gasteiger partial charge in [0.25, 0.3) is 0 Å². The van der Waals surface area contributed by atoms with Crippen LogP contribution in [0.15, 0.2) is 0 Å². The van der Waals surface area contributed by atoms with Crippen molar-refractivity contribution in [3.8, 4) is 0 Å². The lowest BCUT2D eigenvalue weighted by molar-refractivity contribution is -0.160. The summed E-state index contributed by atoms with van der Waals surface area (Å²) < 4.78 is 9.58. The molecule has 0 aliphatic carbocycles. The Labute approximate surface area is 281 Å². The number of rotatable bonds is 29. The molecule has 0 aliphatic rings. The van der Waals surface area contributed by atoms with Crippen LogP contribution in [0.4, 0.5) is 0 Å². The van der Waals surface area contributed by atoms with Crippen LogP contribution in [-0.4, -0.2) is 42.4 Å². The number of hydrogen-bond donors (Lipinski definition) is 2. The van der Waals surface area contributed by atoms with Gasteiger partial charge in [0, 0.05) is 32.2 Å². The van der Waals surface area contributed by atoms with Crippen LogP contribution >= 0.6 is 0 Å². The van der Waals surface area contributed by atoms with Crippen LogP contribution in [0.5, 0.6) is 0 Å². The molecular formula is C37H70N2O7. The van der Waals surface area contributed by atoms with Crippen molar-refractivity contribution in [3.05, 3.63) is 0 Å². The normalized spacial score (nSPS) is 11.2. The number of carbonyl (C=O) groups is 5. The SMILES string of the molecule is CCCCCCCCCCCC(=O)OC(=O)CC[C@H](N)C(=O)OC(=O)CCCCCCCCCCC.CCCCNC(=O)CCC. The smallest absolute Gasteiger partial charge is 0.330 e. The van der Waals surface area contributed by atoms with Crippen LogP contribution in [0.2, 0.25) is 0 Å². The van der Waals surface area contributed by atoms with Gasteiger partial charge in [-0.2, -0.15) is 0 Å². The van der Waals surface area contributed by atoms with Crippen molar-refractivity contribution in [1.29, 1.82) is 0 Å². The molecule has 1 atom stereocenters. The van der Waals surface area contributed by atoms with E-state index in [-0.39, 0.29) is 31.6 Å². The molecule has 0 spiro atoms. The highest BCUT2D eigenvalue weighted by Crippen LogP contribution is 2.12. The highest BCUT2D eigenvalue weighted by Gasteiger charge is 2.21. The maximum atomic E-state index is 12.0. The number of hydrogen-bond acceptors (Lipinski definition) is 8. The zero-order valence-corrected chi connectivity index (χ0v) is 30.1. The highest BCUT2D eigenvalue weighted by atomic mass is 16.6. The van der Waals surface area contributed by atoms with Gasteiger partial charge in [0.1, 0.15) is 6.04 Å². The Morgan fingerprint density at radius 1 is 0.478 bits per heavy atom. The number of unbranched alkanes of at least 4 members (excludes halogenated alkanes) is 17. The summed E-state index contributed by atoms with van der Waals surface area (Å²) in [5, 5.41) is 2.85. The Balaban J connectivity index is 0. The van der Waals surface area contributed by atoms with Gasteiger partial charge in [0.2, 0.25) is 5.91 Å². The first-order valence-electron chi connectivity index (χ1n) is 18.7. The summed E-state index contributed by atoms with van der Waals surface area (Å²) in [5.74, 6) is -2.49. The van der Waals surface area contributed by atoms with Gasteiger partial charge < -0.3 is 20.5 Å². The topological polar surface area (TPSA) is 142 Å². The molecule has 46 heavy (non-hydrogen) atoms. The molecule has 0 rings (SSSR count). The average molecular weight is 655 g/mol. The molecule has 0 unspecified atom stereocenters. The molecule has 270 valence electrons. The van der Waals surface area contributed by atoms with Crippen LogP contribution in [0.1, 0.15) is 195 Å². The standard InChI is InChI=1S/C29H53NO6.C8H17NO/c1-3-5-7-9-11-13-15-17-19-21-26(31)35-28(33)24-23-25(30)29(34)36-27(32)22-20-18-16-14-12-10-8-6-4-2;1-3-5-7-9-8(10)6-4-2/h25H,3-24,30H2,1-2H3;3-7H2,1-2H3,(H,9,10)/t25-;/m0./s1. The summed E-state index contributed by atoms with van der Waals surface area (Å²) in [5.41, 5.74) is 5.73. The third-order valence-corrected chi connectivity index (χ3v) is 7.70. The van der Waals surface area contributed by atoms with Crippen molar-refractivity contribution in [2.45, 2.75) is 201 Å². The van der Waals surface area contributed by atoms with Crippen molar-refractivity contribution in [1.82, 2.24) is 5.32 Å². The van der Waals surface area contributed by atoms with E-state index in [2.05, 4.69) is 26.1 Å². The minimum absolute atomic E-state index is 0.0334. The summed E-state index contributed by atoms with van der Waals surface area (Å²) in [6.07, 6.45) is 24.5. The first-order valence-corrected chi connectivity index (χ1v) is 18.7. The van der Waals surface area contributed by atoms with Gasteiger partial charge in [-0.1, -0.05) is 137 Å². The van der Waals surface area contributed by atoms with E-state index in [0.717, 1.165) is 51.5 Å². The van der Waals surface area contributed by atoms with Crippen LogP contribution < -0.4 is 11.1 Å². The van der Waals surface area contributed by atoms with E-state index in [0.29, 0.717) is 19.3 Å². The van der Waals surface area contributed by atoms with Gasteiger partial charge in [-0.05, 0) is 32.1 Å². The minimum atomic E-state index is -1.10. The summed E-state index contributed by atoms with van der Waals surface area (Å²) >= 11 is 0. The zero-order valence-electron chi connectivity index (χ0n) is 30.1. The molecule has 9 nitrogen and oxygen atoms in total. The molecule has 9 heteroatoms. The Hall–Kier alpha value is -2.29. The third-order valence-electron chi connectivity index (χ3n) is 7.70. The second kappa shape index (κ2) is 35.6. The molecule has 0 heterocycles. The number of nitrogens with one attached hydrogen (secondary N) is 1. The van der Waals surface area contributed by atoms with Crippen molar-refractivity contribution in [2.24, 2.45) is 5.73 Å². The van der Waals surface area contributed by atoms with Crippen molar-refractivity contribution < 1.29 is 33.4 Å². The predicted molar refractivity (Wildman–Crippen MR) is 186 cm³/mol. The van der Waals surface area contributed by atoms with E-state index in [1.165, 1.54) is 77.0 Å². The van der Waals surface area contributed by atoms with E-state index in [9.17, 15) is 24.0 Å². The Kier molecular flexibility index (Phi) is 35.4. The van der Waals surface area contributed by atoms with Crippen molar-refractivity contribution in [2.75, 3.05) is 6.54 Å². The molecular weight excluding hydrogens is 584 g/mol. The van der Waals surface area contributed by atoms with Gasteiger partial charge in [-0.15, -0.1) is 0 Å². The quantitative estimate of drug-likeness (QED) is 0.0463. The lowest BCUT2D eigenvalue weighted by atomic mass is 10.1. The number of ether oxygens (including phenoxy) is 2. The molecule has 0 saturated carbocycles. The molecule has 0 aliphatic heterocycles. The van der Waals surface area contributed by atoms with Crippen LogP contribution in [0.3, 0.4) is 0 Å². The molecule has 0 fully saturated rings. The lowest BCUT2D eigenvalue weighted by Crippen LogP contribution is -2.34. The first-order chi connectivity index (χ1) is 22.2. The maximum Gasteiger partial charge on any atom is 0.330 e. The lowest BCUT2D eigenvalue weighted by Gasteiger charge is -2.10. The second-order valence-corrected chi connectivity index (χ2v) is 12.4. The summed E-state index contributed by atoms with van der Waals surface area (Å²) in [6, 6.07) is -1.10. The molecule has 0 aromatic heterocycles. The predicted octanol–water partition coefficient (Wildman–Crippen LogP) is 8.78. The van der Waals surface area contributed by atoms with Gasteiger partial charge in [0.05, 0.1) is 0 Å². The molecule has 0 aromatic carbocycles. The Bertz CT molecular complexity index is 773. The second-order valence-electron chi connectivity index (χ2n) is 12.4.